The number of hydrogen-bond donors (Lipinski definition) is 3. The van der Waals surface area contributed by atoms with Crippen LogP contribution >= 0.6 is 23.2 Å². The number of aliphatic hydroxyl groups is 1. The van der Waals surface area contributed by atoms with Crippen LogP contribution < -0.4 is 10.6 Å². The Morgan fingerprint density at radius 1 is 0.976 bits per heavy atom. The van der Waals surface area contributed by atoms with Gasteiger partial charge >= 0.3 is 5.97 Å². The second-order valence-corrected chi connectivity index (χ2v) is 13.3. The quantitative estimate of drug-likeness (QED) is 0.163. The summed E-state index contributed by atoms with van der Waals surface area (Å²) in [7, 11) is 0. The maximum atomic E-state index is 12.9. The number of esters is 1. The van der Waals surface area contributed by atoms with E-state index >= 15 is 0 Å². The number of ether oxygens (including phenoxy) is 2. The van der Waals surface area contributed by atoms with Gasteiger partial charge in [-0.1, -0.05) is 30.9 Å². The predicted molar refractivity (Wildman–Crippen MR) is 157 cm³/mol. The number of Topliss-reactive ketones (excluding diaryl/α,β-unsaturated/α-hetero) is 1. The second kappa shape index (κ2) is 11.3. The van der Waals surface area contributed by atoms with E-state index in [1.54, 1.807) is 6.92 Å². The van der Waals surface area contributed by atoms with Crippen LogP contribution in [0, 0.1) is 23.7 Å². The van der Waals surface area contributed by atoms with E-state index in [1.807, 2.05) is 19.1 Å². The summed E-state index contributed by atoms with van der Waals surface area (Å²) in [6, 6.07) is 0. The van der Waals surface area contributed by atoms with E-state index in [-0.39, 0.29) is 41.2 Å². The van der Waals surface area contributed by atoms with Crippen LogP contribution in [0.4, 0.5) is 0 Å². The first-order valence-electron chi connectivity index (χ1n) is 14.9. The summed E-state index contributed by atoms with van der Waals surface area (Å²) < 4.78 is 11.1. The summed E-state index contributed by atoms with van der Waals surface area (Å²) in [4.78, 5) is 49.5. The topological polar surface area (TPSA) is 131 Å². The number of aliphatic hydroxyl groups excluding tert-OH is 1. The maximum absolute atomic E-state index is 12.9. The Hall–Kier alpha value is -2.36. The molecule has 9 atom stereocenters. The summed E-state index contributed by atoms with van der Waals surface area (Å²) in [5.74, 6) is -1.41. The number of carbonyl (C=O) groups is 4. The molecule has 0 aromatic heterocycles. The zero-order valence-electron chi connectivity index (χ0n) is 24.1. The Morgan fingerprint density at radius 2 is 1.57 bits per heavy atom. The summed E-state index contributed by atoms with van der Waals surface area (Å²) in [6.45, 7) is 7.45. The molecule has 9 nitrogen and oxygen atoms in total. The van der Waals surface area contributed by atoms with E-state index < -0.39 is 40.3 Å². The minimum Gasteiger partial charge on any atom is -0.486 e. The summed E-state index contributed by atoms with van der Waals surface area (Å²) >= 11 is 11.6. The number of allylic oxidation sites excluding steroid dienone is 3. The van der Waals surface area contributed by atoms with Crippen LogP contribution in [-0.4, -0.2) is 68.8 Å². The number of hydrogen-bond acceptors (Lipinski definition) is 7. The molecule has 3 N–H and O–H groups in total. The number of amides is 2. The van der Waals surface area contributed by atoms with E-state index in [9.17, 15) is 24.3 Å². The van der Waals surface area contributed by atoms with Gasteiger partial charge in [-0.05, 0) is 65.2 Å². The van der Waals surface area contributed by atoms with Gasteiger partial charge in [-0.25, -0.2) is 4.79 Å². The molecule has 230 valence electrons. The molecule has 11 heteroatoms. The van der Waals surface area contributed by atoms with Crippen molar-refractivity contribution in [1.82, 2.24) is 10.6 Å². The summed E-state index contributed by atoms with van der Waals surface area (Å²) in [6.07, 6.45) is 13.7. The Balaban J connectivity index is 0.000000168. The molecule has 0 saturated carbocycles. The highest BCUT2D eigenvalue weighted by molar-refractivity contribution is 6.21. The molecule has 0 spiro atoms. The van der Waals surface area contributed by atoms with Crippen LogP contribution in [0.5, 0.6) is 0 Å². The third kappa shape index (κ3) is 4.20. The van der Waals surface area contributed by atoms with Crippen molar-refractivity contribution in [2.24, 2.45) is 23.7 Å². The first kappa shape index (κ1) is 31.1. The smallest absolute Gasteiger partial charge is 0.344 e. The molecule has 6 rings (SSSR count). The summed E-state index contributed by atoms with van der Waals surface area (Å²) in [5, 5.41) is 16.6. The minimum atomic E-state index is -1.52. The van der Waals surface area contributed by atoms with Crippen LogP contribution in [0.25, 0.3) is 0 Å². The van der Waals surface area contributed by atoms with Gasteiger partial charge in [-0.3, -0.25) is 14.4 Å². The van der Waals surface area contributed by atoms with Crippen LogP contribution in [0.1, 0.15) is 65.2 Å². The summed E-state index contributed by atoms with van der Waals surface area (Å²) in [5.41, 5.74) is -4.28. The number of rotatable bonds is 8. The van der Waals surface area contributed by atoms with E-state index in [0.29, 0.717) is 30.9 Å². The Bertz CT molecular complexity index is 1240. The number of fused-ring (bicyclic) bond motifs is 2. The normalized spacial score (nSPS) is 41.9. The molecule has 4 fully saturated rings. The third-order valence-corrected chi connectivity index (χ3v) is 10.8. The molecular formula is C31H40Cl2N2O7. The number of nitrogens with one attached hydrogen (secondary N) is 2. The van der Waals surface area contributed by atoms with E-state index in [1.165, 1.54) is 0 Å². The lowest BCUT2D eigenvalue weighted by atomic mass is 9.63. The van der Waals surface area contributed by atoms with Crippen LogP contribution in [-0.2, 0) is 28.7 Å². The number of carbonyl (C=O) groups excluding carboxylic acids is 4. The van der Waals surface area contributed by atoms with Gasteiger partial charge in [0, 0.05) is 23.6 Å². The van der Waals surface area contributed by atoms with Gasteiger partial charge in [0.1, 0.15) is 5.76 Å². The highest BCUT2D eigenvalue weighted by Crippen LogP contribution is 2.58. The van der Waals surface area contributed by atoms with Gasteiger partial charge in [0.15, 0.2) is 22.5 Å². The highest BCUT2D eigenvalue weighted by Gasteiger charge is 2.80. The fourth-order valence-electron chi connectivity index (χ4n) is 7.95. The number of alkyl halides is 2. The van der Waals surface area contributed by atoms with Gasteiger partial charge in [0.2, 0.25) is 17.4 Å². The Morgan fingerprint density at radius 3 is 2.10 bits per heavy atom. The zero-order valence-corrected chi connectivity index (χ0v) is 25.6. The van der Waals surface area contributed by atoms with Crippen molar-refractivity contribution in [2.45, 2.75) is 93.6 Å². The van der Waals surface area contributed by atoms with Gasteiger partial charge < -0.3 is 25.2 Å². The zero-order chi connectivity index (χ0) is 30.5. The van der Waals surface area contributed by atoms with E-state index in [2.05, 4.69) is 29.4 Å². The Labute approximate surface area is 256 Å². The van der Waals surface area contributed by atoms with Crippen molar-refractivity contribution < 1.29 is 33.8 Å². The van der Waals surface area contributed by atoms with Crippen molar-refractivity contribution in [3.63, 3.8) is 0 Å². The van der Waals surface area contributed by atoms with Crippen molar-refractivity contribution in [2.75, 3.05) is 11.8 Å². The first-order valence-corrected chi connectivity index (χ1v) is 15.9. The molecule has 2 amide bonds. The van der Waals surface area contributed by atoms with Crippen molar-refractivity contribution >= 4 is 46.8 Å². The molecule has 0 bridgehead atoms. The van der Waals surface area contributed by atoms with Gasteiger partial charge in [0.25, 0.3) is 0 Å². The van der Waals surface area contributed by atoms with Gasteiger partial charge in [-0.15, -0.1) is 23.2 Å². The molecule has 2 aliphatic carbocycles. The molecular weight excluding hydrogens is 583 g/mol. The fraction of sp³-hybridized carbons (Fsp3) is 0.677. The molecule has 4 heterocycles. The van der Waals surface area contributed by atoms with Crippen molar-refractivity contribution in [3.05, 3.63) is 36.6 Å². The van der Waals surface area contributed by atoms with Gasteiger partial charge in [-0.2, -0.15) is 0 Å². The van der Waals surface area contributed by atoms with E-state index in [4.69, 9.17) is 32.7 Å². The van der Waals surface area contributed by atoms with E-state index in [0.717, 1.165) is 32.1 Å². The SMILES string of the molecule is C=C1O[C@@]2(C)[C@@H](CCCl)C(=O)N[C@@]12[C@@H](O)[C@@H]1C=CCCC1.C[C@@]12OC(=O)[C@]1(C(=O)[C@@H]1C=CCCC1)NC(=O)[C@@H]2CCCl. The molecule has 6 aliphatic rings. The largest absolute Gasteiger partial charge is 0.486 e. The van der Waals surface area contributed by atoms with Gasteiger partial charge in [0.05, 0.1) is 17.9 Å². The van der Waals surface area contributed by atoms with Crippen LogP contribution in [0.3, 0.4) is 0 Å². The standard InChI is InChI=1S/C16H22ClNO3.C15H18ClNO4/c1-10-16(13(19)11-6-4-3-5-7-11)15(2,21-10)12(8-9-17)14(20)18-16;1-14-10(7-8-16)12(19)17-15(14,13(20)21-14)11(18)9-5-3-2-4-6-9/h4,6,11-13,19H,1,3,5,7-9H2,2H3,(H,18,20);3,5,9-10H,2,4,6-8H2,1H3,(H,17,19)/t11-,12+,13+,15+,16-;9-,10+,14+,15+/m11/s1. The molecule has 0 radical (unpaired) electrons. The van der Waals surface area contributed by atoms with Crippen molar-refractivity contribution in [1.29, 1.82) is 0 Å². The molecule has 0 unspecified atom stereocenters. The maximum Gasteiger partial charge on any atom is 0.344 e. The number of ketones is 1. The molecule has 0 aromatic rings. The van der Waals surface area contributed by atoms with Crippen molar-refractivity contribution in [3.8, 4) is 0 Å². The monoisotopic (exact) mass is 622 g/mol. The molecule has 0 aromatic carbocycles. The predicted octanol–water partition coefficient (Wildman–Crippen LogP) is 3.46. The van der Waals surface area contributed by atoms with Crippen LogP contribution in [0.15, 0.2) is 36.6 Å². The molecule has 4 saturated heterocycles. The second-order valence-electron chi connectivity index (χ2n) is 12.5. The first-order chi connectivity index (χ1) is 19.9. The fourth-order valence-corrected chi connectivity index (χ4v) is 8.39. The number of halogens is 2. The highest BCUT2D eigenvalue weighted by atomic mass is 35.5. The lowest BCUT2D eigenvalue weighted by molar-refractivity contribution is -0.218. The average Bonchev–Trinajstić information content (AvgIpc) is 3.27. The molecule has 4 aliphatic heterocycles. The molecule has 42 heavy (non-hydrogen) atoms. The lowest BCUT2D eigenvalue weighted by Gasteiger charge is -2.58. The Kier molecular flexibility index (Phi) is 8.35. The van der Waals surface area contributed by atoms with Crippen LogP contribution in [0.2, 0.25) is 0 Å². The minimum absolute atomic E-state index is 0.0220. The lowest BCUT2D eigenvalue weighted by Crippen LogP contribution is -2.78. The third-order valence-electron chi connectivity index (χ3n) is 10.4. The average molecular weight is 624 g/mol.